The third kappa shape index (κ3) is 5.73. The smallest absolute Gasteiger partial charge is 0.466 e. The average molecular weight is 292 g/mol. The van der Waals surface area contributed by atoms with Gasteiger partial charge in [0.15, 0.2) is 0 Å². The Hall–Kier alpha value is -2.05. The second-order valence-electron chi connectivity index (χ2n) is 3.64. The molecule has 0 aliphatic rings. The topological polar surface area (TPSA) is 35.5 Å². The van der Waals surface area contributed by atoms with Crippen LogP contribution in [0.5, 0.6) is 5.75 Å². The molecule has 0 heterocycles. The van der Waals surface area contributed by atoms with E-state index < -0.39 is 23.9 Å². The van der Waals surface area contributed by atoms with Gasteiger partial charge in [0, 0.05) is 5.56 Å². The van der Waals surface area contributed by atoms with E-state index in [4.69, 9.17) is 0 Å². The number of benzene rings is 1. The van der Waals surface area contributed by atoms with Gasteiger partial charge in [-0.1, -0.05) is 12.2 Å². The van der Waals surface area contributed by atoms with Gasteiger partial charge in [-0.25, -0.2) is 4.39 Å². The van der Waals surface area contributed by atoms with Gasteiger partial charge in [-0.05, 0) is 25.1 Å². The number of alkyl halides is 3. The fourth-order valence-electron chi connectivity index (χ4n) is 1.35. The molecule has 7 heteroatoms. The Morgan fingerprint density at radius 1 is 1.35 bits per heavy atom. The van der Waals surface area contributed by atoms with Gasteiger partial charge in [-0.2, -0.15) is 0 Å². The van der Waals surface area contributed by atoms with Crippen molar-refractivity contribution in [2.24, 2.45) is 0 Å². The summed E-state index contributed by atoms with van der Waals surface area (Å²) >= 11 is 0. The molecule has 0 saturated heterocycles. The van der Waals surface area contributed by atoms with E-state index in [1.54, 1.807) is 6.92 Å². The summed E-state index contributed by atoms with van der Waals surface area (Å²) in [6.07, 6.45) is -2.45. The maximum absolute atomic E-state index is 13.4. The molecule has 0 unspecified atom stereocenters. The van der Waals surface area contributed by atoms with Gasteiger partial charge in [-0.3, -0.25) is 4.79 Å². The van der Waals surface area contributed by atoms with Gasteiger partial charge >= 0.3 is 12.3 Å². The highest BCUT2D eigenvalue weighted by Gasteiger charge is 2.31. The second-order valence-corrected chi connectivity index (χ2v) is 3.64. The Labute approximate surface area is 112 Å². The molecule has 110 valence electrons. The molecule has 20 heavy (non-hydrogen) atoms. The molecule has 0 aromatic heterocycles. The quantitative estimate of drug-likeness (QED) is 0.613. The van der Waals surface area contributed by atoms with Crippen LogP contribution in [0.1, 0.15) is 18.9 Å². The van der Waals surface area contributed by atoms with Crippen LogP contribution < -0.4 is 4.74 Å². The third-order valence-electron chi connectivity index (χ3n) is 2.09. The van der Waals surface area contributed by atoms with Crippen LogP contribution in [-0.2, 0) is 9.53 Å². The molecule has 0 bridgehead atoms. The van der Waals surface area contributed by atoms with Gasteiger partial charge in [0.2, 0.25) is 0 Å². The van der Waals surface area contributed by atoms with Crippen molar-refractivity contribution < 1.29 is 31.8 Å². The first-order chi connectivity index (χ1) is 9.31. The van der Waals surface area contributed by atoms with Crippen LogP contribution in [0.3, 0.4) is 0 Å². The molecular formula is C13H12F4O3. The highest BCUT2D eigenvalue weighted by atomic mass is 19.4. The molecule has 1 aromatic rings. The summed E-state index contributed by atoms with van der Waals surface area (Å²) < 4.78 is 57.7. The summed E-state index contributed by atoms with van der Waals surface area (Å²) in [7, 11) is 0. The standard InChI is InChI=1S/C13H12F4O3/c1-2-19-12(18)5-3-4-9-8-10(6-7-11(9)14)20-13(15,16)17/h3-4,6-8H,2,5H2,1H3. The Morgan fingerprint density at radius 2 is 2.05 bits per heavy atom. The van der Waals surface area contributed by atoms with Crippen LogP contribution in [0.25, 0.3) is 6.08 Å². The van der Waals surface area contributed by atoms with E-state index in [1.165, 1.54) is 12.2 Å². The third-order valence-corrected chi connectivity index (χ3v) is 2.09. The number of hydrogen-bond acceptors (Lipinski definition) is 3. The van der Waals surface area contributed by atoms with Crippen LogP contribution in [0.2, 0.25) is 0 Å². The van der Waals surface area contributed by atoms with Gasteiger partial charge in [0.1, 0.15) is 11.6 Å². The lowest BCUT2D eigenvalue weighted by Crippen LogP contribution is -2.17. The molecule has 0 atom stereocenters. The van der Waals surface area contributed by atoms with E-state index in [2.05, 4.69) is 9.47 Å². The zero-order chi connectivity index (χ0) is 15.2. The second kappa shape index (κ2) is 6.93. The molecule has 1 aromatic carbocycles. The predicted octanol–water partition coefficient (Wildman–Crippen LogP) is 3.69. The van der Waals surface area contributed by atoms with Gasteiger partial charge in [0.25, 0.3) is 0 Å². The number of esters is 1. The zero-order valence-corrected chi connectivity index (χ0v) is 10.5. The lowest BCUT2D eigenvalue weighted by molar-refractivity contribution is -0.274. The van der Waals surface area contributed by atoms with E-state index in [-0.39, 0.29) is 18.6 Å². The lowest BCUT2D eigenvalue weighted by Gasteiger charge is -2.09. The van der Waals surface area contributed by atoms with E-state index in [1.807, 2.05) is 0 Å². The molecule has 0 fully saturated rings. The summed E-state index contributed by atoms with van der Waals surface area (Å²) in [4.78, 5) is 11.0. The monoisotopic (exact) mass is 292 g/mol. The molecule has 0 radical (unpaired) electrons. The van der Waals surface area contributed by atoms with E-state index in [0.717, 1.165) is 18.2 Å². The van der Waals surface area contributed by atoms with Crippen molar-refractivity contribution in [3.8, 4) is 5.75 Å². The first kappa shape index (κ1) is 16.0. The summed E-state index contributed by atoms with van der Waals surface area (Å²) in [6, 6.07) is 2.61. The summed E-state index contributed by atoms with van der Waals surface area (Å²) in [5.74, 6) is -1.76. The van der Waals surface area contributed by atoms with Gasteiger partial charge in [-0.15, -0.1) is 13.2 Å². The van der Waals surface area contributed by atoms with E-state index in [9.17, 15) is 22.4 Å². The van der Waals surface area contributed by atoms with Gasteiger partial charge in [0.05, 0.1) is 13.0 Å². The van der Waals surface area contributed by atoms with Crippen molar-refractivity contribution in [1.29, 1.82) is 0 Å². The predicted molar refractivity (Wildman–Crippen MR) is 63.4 cm³/mol. The Balaban J connectivity index is 2.76. The van der Waals surface area contributed by atoms with Crippen molar-refractivity contribution in [3.05, 3.63) is 35.7 Å². The van der Waals surface area contributed by atoms with Crippen molar-refractivity contribution in [2.45, 2.75) is 19.7 Å². The minimum absolute atomic E-state index is 0.0996. The molecule has 1 rings (SSSR count). The van der Waals surface area contributed by atoms with E-state index in [0.29, 0.717) is 0 Å². The molecule has 0 aliphatic heterocycles. The van der Waals surface area contributed by atoms with E-state index >= 15 is 0 Å². The van der Waals surface area contributed by atoms with Crippen LogP contribution >= 0.6 is 0 Å². The number of carbonyl (C=O) groups is 1. The van der Waals surface area contributed by atoms with Crippen LogP contribution in [0.4, 0.5) is 17.6 Å². The van der Waals surface area contributed by atoms with Crippen molar-refractivity contribution in [1.82, 2.24) is 0 Å². The van der Waals surface area contributed by atoms with Crippen molar-refractivity contribution >= 4 is 12.0 Å². The van der Waals surface area contributed by atoms with Crippen molar-refractivity contribution in [2.75, 3.05) is 6.61 Å². The maximum atomic E-state index is 13.4. The number of rotatable bonds is 5. The fourth-order valence-corrected chi connectivity index (χ4v) is 1.35. The number of carbonyl (C=O) groups excluding carboxylic acids is 1. The Morgan fingerprint density at radius 3 is 2.65 bits per heavy atom. The summed E-state index contributed by atoms with van der Waals surface area (Å²) in [5, 5.41) is 0. The first-order valence-corrected chi connectivity index (χ1v) is 5.69. The molecule has 3 nitrogen and oxygen atoms in total. The first-order valence-electron chi connectivity index (χ1n) is 5.69. The van der Waals surface area contributed by atoms with Crippen LogP contribution in [-0.4, -0.2) is 18.9 Å². The highest BCUT2D eigenvalue weighted by molar-refractivity contribution is 5.72. The Kier molecular flexibility index (Phi) is 5.54. The van der Waals surface area contributed by atoms with Crippen molar-refractivity contribution in [3.63, 3.8) is 0 Å². The molecular weight excluding hydrogens is 280 g/mol. The number of halogens is 4. The average Bonchev–Trinajstić information content (AvgIpc) is 2.31. The fraction of sp³-hybridized carbons (Fsp3) is 0.308. The van der Waals surface area contributed by atoms with Crippen LogP contribution in [0.15, 0.2) is 24.3 Å². The summed E-state index contributed by atoms with van der Waals surface area (Å²) in [5.41, 5.74) is -0.115. The van der Waals surface area contributed by atoms with Crippen LogP contribution in [0, 0.1) is 5.82 Å². The minimum atomic E-state index is -4.84. The SMILES string of the molecule is CCOC(=O)CC=Cc1cc(OC(F)(F)F)ccc1F. The highest BCUT2D eigenvalue weighted by Crippen LogP contribution is 2.25. The zero-order valence-electron chi connectivity index (χ0n) is 10.5. The summed E-state index contributed by atoms with van der Waals surface area (Å²) in [6.45, 7) is 1.86. The maximum Gasteiger partial charge on any atom is 0.573 e. The molecule has 0 aliphatic carbocycles. The van der Waals surface area contributed by atoms with Gasteiger partial charge < -0.3 is 9.47 Å². The molecule has 0 spiro atoms. The molecule has 0 saturated carbocycles. The minimum Gasteiger partial charge on any atom is -0.466 e. The largest absolute Gasteiger partial charge is 0.573 e. The molecule has 0 N–H and O–H groups in total. The Bertz CT molecular complexity index is 495. The lowest BCUT2D eigenvalue weighted by atomic mass is 10.1. The normalized spacial score (nSPS) is 11.7. The number of hydrogen-bond donors (Lipinski definition) is 0. The number of ether oxygens (including phenoxy) is 2. The molecule has 0 amide bonds.